The van der Waals surface area contributed by atoms with Gasteiger partial charge in [0.05, 0.1) is 13.2 Å². The molecular weight excluding hydrogens is 220 g/mol. The highest BCUT2D eigenvalue weighted by atomic mass is 16.6. The highest BCUT2D eigenvalue weighted by Crippen LogP contribution is 2.28. The first-order valence-corrected chi connectivity index (χ1v) is 5.68. The molecule has 96 valence electrons. The van der Waals surface area contributed by atoms with Gasteiger partial charge >= 0.3 is 11.9 Å². The Morgan fingerprint density at radius 1 is 1.18 bits per heavy atom. The number of carbonyl (C=O) groups is 2. The lowest BCUT2D eigenvalue weighted by Gasteiger charge is -2.24. The van der Waals surface area contributed by atoms with Gasteiger partial charge in [0.1, 0.15) is 0 Å². The maximum absolute atomic E-state index is 11.9. The number of allylic oxidation sites excluding steroid dienone is 2. The first-order valence-electron chi connectivity index (χ1n) is 5.68. The molecule has 0 aromatic heterocycles. The molecule has 0 fully saturated rings. The fourth-order valence-corrected chi connectivity index (χ4v) is 1.32. The van der Waals surface area contributed by atoms with E-state index in [9.17, 15) is 9.59 Å². The molecule has 0 aliphatic heterocycles. The van der Waals surface area contributed by atoms with Crippen LogP contribution in [0.1, 0.15) is 27.2 Å². The summed E-state index contributed by atoms with van der Waals surface area (Å²) in [7, 11) is 0. The molecule has 0 radical (unpaired) electrons. The molecule has 0 spiro atoms. The van der Waals surface area contributed by atoms with Crippen molar-refractivity contribution in [2.45, 2.75) is 27.2 Å². The molecule has 0 heterocycles. The summed E-state index contributed by atoms with van der Waals surface area (Å²) in [6, 6.07) is 0. The fraction of sp³-hybridized carbons (Fsp3) is 0.538. The van der Waals surface area contributed by atoms with Gasteiger partial charge in [0.2, 0.25) is 0 Å². The zero-order valence-electron chi connectivity index (χ0n) is 10.7. The van der Waals surface area contributed by atoms with Crippen molar-refractivity contribution >= 4 is 11.9 Å². The highest BCUT2D eigenvalue weighted by Gasteiger charge is 2.45. The van der Waals surface area contributed by atoms with Gasteiger partial charge in [-0.2, -0.15) is 0 Å². The Morgan fingerprint density at radius 3 is 1.94 bits per heavy atom. The summed E-state index contributed by atoms with van der Waals surface area (Å²) in [5.74, 6) is -1.24. The van der Waals surface area contributed by atoms with E-state index in [1.807, 2.05) is 6.92 Å². The number of esters is 2. The van der Waals surface area contributed by atoms with Gasteiger partial charge in [-0.15, -0.1) is 6.58 Å². The van der Waals surface area contributed by atoms with E-state index in [0.29, 0.717) is 0 Å². The molecule has 0 amide bonds. The highest BCUT2D eigenvalue weighted by molar-refractivity contribution is 6.02. The van der Waals surface area contributed by atoms with Gasteiger partial charge in [0.15, 0.2) is 5.41 Å². The summed E-state index contributed by atoms with van der Waals surface area (Å²) in [4.78, 5) is 23.8. The Balaban J connectivity index is 5.19. The predicted octanol–water partition coefficient (Wildman–Crippen LogP) is 2.25. The molecule has 0 bridgehead atoms. The van der Waals surface area contributed by atoms with Crippen LogP contribution in [0.2, 0.25) is 0 Å². The predicted molar refractivity (Wildman–Crippen MR) is 65.3 cm³/mol. The summed E-state index contributed by atoms with van der Waals surface area (Å²) in [5.41, 5.74) is -1.43. The Bertz CT molecular complexity index is 287. The van der Waals surface area contributed by atoms with Gasteiger partial charge in [-0.25, -0.2) is 0 Å². The quantitative estimate of drug-likeness (QED) is 0.389. The average Bonchev–Trinajstić information content (AvgIpc) is 2.31. The molecule has 0 unspecified atom stereocenters. The monoisotopic (exact) mass is 240 g/mol. The minimum atomic E-state index is -1.43. The normalized spacial score (nSPS) is 11.2. The van der Waals surface area contributed by atoms with E-state index in [4.69, 9.17) is 9.47 Å². The third kappa shape index (κ3) is 3.73. The SMILES string of the molecule is C=CC(C/C=C/C)(C(=O)OCC)C(=O)OCC. The lowest BCUT2D eigenvalue weighted by atomic mass is 9.84. The van der Waals surface area contributed by atoms with Crippen molar-refractivity contribution in [2.75, 3.05) is 13.2 Å². The molecule has 17 heavy (non-hydrogen) atoms. The van der Waals surface area contributed by atoms with Crippen LogP contribution in [0.3, 0.4) is 0 Å². The Labute approximate surface area is 102 Å². The Morgan fingerprint density at radius 2 is 1.65 bits per heavy atom. The molecule has 0 aliphatic rings. The second kappa shape index (κ2) is 7.65. The maximum Gasteiger partial charge on any atom is 0.327 e. The third-order valence-electron chi connectivity index (χ3n) is 2.30. The second-order valence-corrected chi connectivity index (χ2v) is 3.39. The number of carbonyl (C=O) groups excluding carboxylic acids is 2. The van der Waals surface area contributed by atoms with E-state index >= 15 is 0 Å². The van der Waals surface area contributed by atoms with Crippen LogP contribution in [0.5, 0.6) is 0 Å². The van der Waals surface area contributed by atoms with E-state index < -0.39 is 17.4 Å². The van der Waals surface area contributed by atoms with Crippen molar-refractivity contribution in [1.29, 1.82) is 0 Å². The molecule has 0 saturated heterocycles. The third-order valence-corrected chi connectivity index (χ3v) is 2.30. The van der Waals surface area contributed by atoms with E-state index in [1.54, 1.807) is 26.0 Å². The molecule has 4 heteroatoms. The van der Waals surface area contributed by atoms with Gasteiger partial charge in [-0.05, 0) is 27.2 Å². The van der Waals surface area contributed by atoms with Crippen molar-refractivity contribution in [3.63, 3.8) is 0 Å². The summed E-state index contributed by atoms with van der Waals surface area (Å²) in [6.45, 7) is 9.16. The van der Waals surface area contributed by atoms with Crippen LogP contribution in [0.4, 0.5) is 0 Å². The van der Waals surface area contributed by atoms with E-state index in [1.165, 1.54) is 6.08 Å². The maximum atomic E-state index is 11.9. The lowest BCUT2D eigenvalue weighted by Crippen LogP contribution is -2.40. The number of rotatable bonds is 7. The van der Waals surface area contributed by atoms with Crippen LogP contribution in [-0.2, 0) is 19.1 Å². The lowest BCUT2D eigenvalue weighted by molar-refractivity contribution is -0.167. The molecule has 0 aliphatic carbocycles. The van der Waals surface area contributed by atoms with Crippen LogP contribution in [-0.4, -0.2) is 25.2 Å². The fourth-order valence-electron chi connectivity index (χ4n) is 1.32. The Kier molecular flexibility index (Phi) is 6.94. The first kappa shape index (κ1) is 15.4. The number of hydrogen-bond acceptors (Lipinski definition) is 4. The van der Waals surface area contributed by atoms with Gasteiger partial charge in [-0.1, -0.05) is 18.2 Å². The molecule has 0 aromatic carbocycles. The molecule has 0 N–H and O–H groups in total. The zero-order valence-corrected chi connectivity index (χ0v) is 10.7. The van der Waals surface area contributed by atoms with Gasteiger partial charge in [0.25, 0.3) is 0 Å². The number of ether oxygens (including phenoxy) is 2. The number of hydrogen-bond donors (Lipinski definition) is 0. The van der Waals surface area contributed by atoms with Crippen LogP contribution < -0.4 is 0 Å². The van der Waals surface area contributed by atoms with E-state index in [-0.39, 0.29) is 19.6 Å². The zero-order chi connectivity index (χ0) is 13.3. The summed E-state index contributed by atoms with van der Waals surface area (Å²) >= 11 is 0. The van der Waals surface area contributed by atoms with Crippen molar-refractivity contribution in [1.82, 2.24) is 0 Å². The van der Waals surface area contributed by atoms with Crippen molar-refractivity contribution in [3.05, 3.63) is 24.8 Å². The van der Waals surface area contributed by atoms with Crippen LogP contribution in [0, 0.1) is 5.41 Å². The average molecular weight is 240 g/mol. The van der Waals surface area contributed by atoms with Crippen LogP contribution in [0.15, 0.2) is 24.8 Å². The van der Waals surface area contributed by atoms with Crippen molar-refractivity contribution < 1.29 is 19.1 Å². The largest absolute Gasteiger partial charge is 0.465 e. The molecular formula is C13H20O4. The smallest absolute Gasteiger partial charge is 0.327 e. The summed E-state index contributed by atoms with van der Waals surface area (Å²) < 4.78 is 9.84. The van der Waals surface area contributed by atoms with Crippen molar-refractivity contribution in [2.24, 2.45) is 5.41 Å². The first-order chi connectivity index (χ1) is 8.08. The molecule has 0 rings (SSSR count). The van der Waals surface area contributed by atoms with Crippen LogP contribution in [0.25, 0.3) is 0 Å². The van der Waals surface area contributed by atoms with Crippen LogP contribution >= 0.6 is 0 Å². The molecule has 4 nitrogen and oxygen atoms in total. The van der Waals surface area contributed by atoms with E-state index in [0.717, 1.165) is 0 Å². The summed E-state index contributed by atoms with van der Waals surface area (Å²) in [5, 5.41) is 0. The molecule has 0 saturated carbocycles. The van der Waals surface area contributed by atoms with Gasteiger partial charge in [0, 0.05) is 0 Å². The van der Waals surface area contributed by atoms with Crippen molar-refractivity contribution in [3.8, 4) is 0 Å². The molecule has 0 atom stereocenters. The molecule has 0 aromatic rings. The van der Waals surface area contributed by atoms with Gasteiger partial charge in [-0.3, -0.25) is 9.59 Å². The standard InChI is InChI=1S/C13H20O4/c1-5-9-10-13(6-2,11(14)16-7-3)12(15)17-8-4/h5-6,9H,2,7-8,10H2,1,3-4H3/b9-5+. The topological polar surface area (TPSA) is 52.6 Å². The minimum Gasteiger partial charge on any atom is -0.465 e. The summed E-state index contributed by atoms with van der Waals surface area (Å²) in [6.07, 6.45) is 4.97. The van der Waals surface area contributed by atoms with Gasteiger partial charge < -0.3 is 9.47 Å². The minimum absolute atomic E-state index is 0.199. The second-order valence-electron chi connectivity index (χ2n) is 3.39. The Hall–Kier alpha value is -1.58. The van der Waals surface area contributed by atoms with E-state index in [2.05, 4.69) is 6.58 Å².